The summed E-state index contributed by atoms with van der Waals surface area (Å²) >= 11 is 1.24. The molecule has 0 aliphatic heterocycles. The lowest BCUT2D eigenvalue weighted by Gasteiger charge is -2.17. The van der Waals surface area contributed by atoms with Gasteiger partial charge in [0.15, 0.2) is 5.16 Å². The SMILES string of the molecule is Cc1cccc(-n2c(SCC(=O)N[C@@H](C)C(C)C)nc3ccccc3c2=O)n1. The summed E-state index contributed by atoms with van der Waals surface area (Å²) in [7, 11) is 0. The van der Waals surface area contributed by atoms with Gasteiger partial charge >= 0.3 is 0 Å². The first-order valence-electron chi connectivity index (χ1n) is 9.25. The van der Waals surface area contributed by atoms with Gasteiger partial charge in [0.1, 0.15) is 5.82 Å². The van der Waals surface area contributed by atoms with Gasteiger partial charge in [-0.25, -0.2) is 14.5 Å². The molecule has 3 aromatic rings. The van der Waals surface area contributed by atoms with Crippen molar-refractivity contribution >= 4 is 28.6 Å². The molecule has 0 radical (unpaired) electrons. The van der Waals surface area contributed by atoms with E-state index in [4.69, 9.17) is 0 Å². The lowest BCUT2D eigenvalue weighted by Crippen LogP contribution is -2.37. The average Bonchev–Trinajstić information content (AvgIpc) is 2.66. The highest BCUT2D eigenvalue weighted by molar-refractivity contribution is 7.99. The standard InChI is InChI=1S/C21H24N4O2S/c1-13(2)15(4)23-19(26)12-28-21-24-17-10-6-5-9-16(17)20(27)25(21)18-11-7-8-14(3)22-18/h5-11,13,15H,12H2,1-4H3,(H,23,26)/t15-/m0/s1. The summed E-state index contributed by atoms with van der Waals surface area (Å²) < 4.78 is 1.49. The first-order valence-corrected chi connectivity index (χ1v) is 10.2. The van der Waals surface area contributed by atoms with Gasteiger partial charge in [0.2, 0.25) is 5.91 Å². The van der Waals surface area contributed by atoms with E-state index in [1.165, 1.54) is 16.3 Å². The Labute approximate surface area is 168 Å². The molecule has 28 heavy (non-hydrogen) atoms. The molecule has 1 aromatic carbocycles. The largest absolute Gasteiger partial charge is 0.353 e. The van der Waals surface area contributed by atoms with Crippen LogP contribution in [0.2, 0.25) is 0 Å². The van der Waals surface area contributed by atoms with E-state index in [0.717, 1.165) is 5.69 Å². The Balaban J connectivity index is 2.00. The second-order valence-electron chi connectivity index (χ2n) is 7.08. The Morgan fingerprint density at radius 3 is 2.57 bits per heavy atom. The molecular formula is C21H24N4O2S. The van der Waals surface area contributed by atoms with E-state index in [-0.39, 0.29) is 23.3 Å². The molecule has 3 rings (SSSR count). The van der Waals surface area contributed by atoms with E-state index >= 15 is 0 Å². The first kappa shape index (κ1) is 20.1. The fourth-order valence-corrected chi connectivity index (χ4v) is 3.47. The summed E-state index contributed by atoms with van der Waals surface area (Å²) in [6.45, 7) is 7.97. The second-order valence-corrected chi connectivity index (χ2v) is 8.02. The molecule has 1 atom stereocenters. The maximum absolute atomic E-state index is 13.1. The molecular weight excluding hydrogens is 372 g/mol. The van der Waals surface area contributed by atoms with Crippen LogP contribution in [0.4, 0.5) is 0 Å². The van der Waals surface area contributed by atoms with Crippen molar-refractivity contribution < 1.29 is 4.79 Å². The van der Waals surface area contributed by atoms with Crippen LogP contribution in [-0.4, -0.2) is 32.2 Å². The topological polar surface area (TPSA) is 76.9 Å². The van der Waals surface area contributed by atoms with Crippen LogP contribution in [0.5, 0.6) is 0 Å². The van der Waals surface area contributed by atoms with E-state index < -0.39 is 0 Å². The number of amides is 1. The zero-order chi connectivity index (χ0) is 20.3. The minimum atomic E-state index is -0.192. The van der Waals surface area contributed by atoms with Crippen LogP contribution in [0.15, 0.2) is 52.4 Å². The van der Waals surface area contributed by atoms with Gasteiger partial charge in [-0.3, -0.25) is 9.59 Å². The fourth-order valence-electron chi connectivity index (χ4n) is 2.66. The maximum Gasteiger partial charge on any atom is 0.267 e. The van der Waals surface area contributed by atoms with Crippen LogP contribution in [0.1, 0.15) is 26.5 Å². The van der Waals surface area contributed by atoms with Crippen LogP contribution in [0.25, 0.3) is 16.7 Å². The Hall–Kier alpha value is -2.67. The monoisotopic (exact) mass is 396 g/mol. The summed E-state index contributed by atoms with van der Waals surface area (Å²) in [5.41, 5.74) is 1.22. The molecule has 1 N–H and O–H groups in total. The van der Waals surface area contributed by atoms with Gasteiger partial charge in [-0.1, -0.05) is 43.8 Å². The highest BCUT2D eigenvalue weighted by Crippen LogP contribution is 2.20. The number of benzene rings is 1. The van der Waals surface area contributed by atoms with Crippen molar-refractivity contribution in [2.75, 3.05) is 5.75 Å². The molecule has 0 aliphatic rings. The zero-order valence-corrected chi connectivity index (χ0v) is 17.3. The van der Waals surface area contributed by atoms with Crippen LogP contribution in [0.3, 0.4) is 0 Å². The highest BCUT2D eigenvalue weighted by Gasteiger charge is 2.17. The van der Waals surface area contributed by atoms with Crippen molar-refractivity contribution in [2.45, 2.75) is 38.9 Å². The molecule has 1 amide bonds. The number of aryl methyl sites for hydroxylation is 1. The predicted molar refractivity (Wildman–Crippen MR) is 113 cm³/mol. The lowest BCUT2D eigenvalue weighted by molar-refractivity contribution is -0.119. The van der Waals surface area contributed by atoms with Crippen molar-refractivity contribution in [1.82, 2.24) is 19.9 Å². The average molecular weight is 397 g/mol. The molecule has 7 heteroatoms. The smallest absolute Gasteiger partial charge is 0.267 e. The van der Waals surface area contributed by atoms with E-state index in [2.05, 4.69) is 29.1 Å². The molecule has 0 fully saturated rings. The van der Waals surface area contributed by atoms with Gasteiger partial charge in [0.25, 0.3) is 5.56 Å². The number of hydrogen-bond donors (Lipinski definition) is 1. The summed E-state index contributed by atoms with van der Waals surface area (Å²) in [5, 5.41) is 3.95. The maximum atomic E-state index is 13.1. The van der Waals surface area contributed by atoms with Crippen LogP contribution < -0.4 is 10.9 Å². The van der Waals surface area contributed by atoms with Crippen LogP contribution in [0, 0.1) is 12.8 Å². The Morgan fingerprint density at radius 2 is 1.86 bits per heavy atom. The first-order chi connectivity index (χ1) is 13.4. The Bertz CT molecular complexity index is 1060. The highest BCUT2D eigenvalue weighted by atomic mass is 32.2. The number of pyridine rings is 1. The number of rotatable bonds is 6. The summed E-state index contributed by atoms with van der Waals surface area (Å²) in [6.07, 6.45) is 0. The third kappa shape index (κ3) is 4.42. The fraction of sp³-hybridized carbons (Fsp3) is 0.333. The van der Waals surface area contributed by atoms with E-state index in [0.29, 0.717) is 27.8 Å². The van der Waals surface area contributed by atoms with Crippen LogP contribution >= 0.6 is 11.8 Å². The zero-order valence-electron chi connectivity index (χ0n) is 16.5. The molecule has 0 saturated heterocycles. The number of nitrogens with one attached hydrogen (secondary N) is 1. The number of para-hydroxylation sites is 1. The minimum absolute atomic E-state index is 0.0818. The molecule has 2 heterocycles. The summed E-state index contributed by atoms with van der Waals surface area (Å²) in [5.74, 6) is 0.940. The lowest BCUT2D eigenvalue weighted by atomic mass is 10.1. The molecule has 0 bridgehead atoms. The van der Waals surface area contributed by atoms with Crippen molar-refractivity contribution in [1.29, 1.82) is 0 Å². The van der Waals surface area contributed by atoms with Crippen LogP contribution in [-0.2, 0) is 4.79 Å². The third-order valence-electron chi connectivity index (χ3n) is 4.57. The van der Waals surface area contributed by atoms with E-state index in [1.807, 2.05) is 38.1 Å². The van der Waals surface area contributed by atoms with Crippen molar-refractivity contribution in [3.05, 3.63) is 58.5 Å². The number of aromatic nitrogens is 3. The molecule has 146 valence electrons. The van der Waals surface area contributed by atoms with Gasteiger partial charge in [0.05, 0.1) is 16.7 Å². The molecule has 0 unspecified atom stereocenters. The number of carbonyl (C=O) groups excluding carboxylic acids is 1. The normalized spacial score (nSPS) is 12.3. The number of nitrogens with zero attached hydrogens (tertiary/aromatic N) is 3. The number of carbonyl (C=O) groups is 1. The molecule has 0 saturated carbocycles. The molecule has 0 aliphatic carbocycles. The number of fused-ring (bicyclic) bond motifs is 1. The predicted octanol–water partition coefficient (Wildman–Crippen LogP) is 3.34. The molecule has 0 spiro atoms. The van der Waals surface area contributed by atoms with Crippen molar-refractivity contribution in [3.63, 3.8) is 0 Å². The van der Waals surface area contributed by atoms with Gasteiger partial charge in [0, 0.05) is 11.7 Å². The van der Waals surface area contributed by atoms with Gasteiger partial charge in [-0.2, -0.15) is 0 Å². The summed E-state index contributed by atoms with van der Waals surface area (Å²) in [6, 6.07) is 12.8. The number of thioether (sulfide) groups is 1. The quantitative estimate of drug-likeness (QED) is 0.511. The van der Waals surface area contributed by atoms with E-state index in [1.54, 1.807) is 18.2 Å². The minimum Gasteiger partial charge on any atom is -0.353 e. The summed E-state index contributed by atoms with van der Waals surface area (Å²) in [4.78, 5) is 34.6. The molecule has 6 nitrogen and oxygen atoms in total. The van der Waals surface area contributed by atoms with Crippen molar-refractivity contribution in [2.24, 2.45) is 5.92 Å². The number of hydrogen-bond acceptors (Lipinski definition) is 5. The van der Waals surface area contributed by atoms with Gasteiger partial charge in [-0.15, -0.1) is 0 Å². The van der Waals surface area contributed by atoms with Crippen molar-refractivity contribution in [3.8, 4) is 5.82 Å². The van der Waals surface area contributed by atoms with Gasteiger partial charge < -0.3 is 5.32 Å². The Morgan fingerprint density at radius 1 is 1.11 bits per heavy atom. The second kappa shape index (κ2) is 8.56. The molecule has 2 aromatic heterocycles. The Kier molecular flexibility index (Phi) is 6.14. The van der Waals surface area contributed by atoms with Gasteiger partial charge in [-0.05, 0) is 44.0 Å². The third-order valence-corrected chi connectivity index (χ3v) is 5.51. The van der Waals surface area contributed by atoms with E-state index in [9.17, 15) is 9.59 Å².